The molecule has 1 aromatic heterocycles. The van der Waals surface area contributed by atoms with E-state index in [2.05, 4.69) is 9.88 Å². The topological polar surface area (TPSA) is 71.6 Å². The third-order valence-corrected chi connectivity index (χ3v) is 3.59. The molecular weight excluding hydrogens is 254 g/mol. The summed E-state index contributed by atoms with van der Waals surface area (Å²) in [6.45, 7) is 7.54. The molecule has 1 fully saturated rings. The number of hydrogen-bond donors (Lipinski definition) is 2. The number of aromatic nitrogens is 1. The molecule has 0 aliphatic carbocycles. The van der Waals surface area contributed by atoms with Gasteiger partial charge in [0.15, 0.2) is 0 Å². The van der Waals surface area contributed by atoms with Crippen LogP contribution in [0.5, 0.6) is 0 Å². The molecule has 0 radical (unpaired) electrons. The van der Waals surface area contributed by atoms with Crippen LogP contribution in [-0.4, -0.2) is 52.4 Å². The molecular formula is C15H25N3O2. The van der Waals surface area contributed by atoms with Crippen LogP contribution in [0.4, 0.5) is 0 Å². The summed E-state index contributed by atoms with van der Waals surface area (Å²) in [6, 6.07) is 5.88. The highest BCUT2D eigenvalue weighted by atomic mass is 16.5. The van der Waals surface area contributed by atoms with E-state index in [-0.39, 0.29) is 30.4 Å². The Morgan fingerprint density at radius 1 is 1.55 bits per heavy atom. The van der Waals surface area contributed by atoms with Gasteiger partial charge in [-0.3, -0.25) is 9.88 Å². The summed E-state index contributed by atoms with van der Waals surface area (Å²) in [5.74, 6) is 0. The number of pyridine rings is 1. The normalized spacial score (nSPS) is 26.1. The zero-order chi connectivity index (χ0) is 14.8. The molecule has 3 atom stereocenters. The van der Waals surface area contributed by atoms with Crippen LogP contribution in [0.2, 0.25) is 0 Å². The van der Waals surface area contributed by atoms with Crippen LogP contribution in [0.25, 0.3) is 0 Å². The monoisotopic (exact) mass is 279 g/mol. The largest absolute Gasteiger partial charge is 0.394 e. The second kappa shape index (κ2) is 6.18. The number of aliphatic hydroxyl groups excluding tert-OH is 1. The predicted molar refractivity (Wildman–Crippen MR) is 78.2 cm³/mol. The maximum absolute atomic E-state index is 9.43. The number of nitrogens with zero attached hydrogens (tertiary/aromatic N) is 2. The summed E-state index contributed by atoms with van der Waals surface area (Å²) in [7, 11) is 0. The van der Waals surface area contributed by atoms with E-state index in [4.69, 9.17) is 10.5 Å². The average Bonchev–Trinajstić information content (AvgIpc) is 2.38. The standard InChI is InChI=1S/C15H25N3O2/c1-11(16)14(13-6-4-5-7-17-13)18-8-12(9-19)20-15(2,3)10-18/h4-7,11-12,14,19H,8-10,16H2,1-3H3. The Balaban J connectivity index is 2.25. The first-order valence-corrected chi connectivity index (χ1v) is 7.12. The molecule has 3 unspecified atom stereocenters. The zero-order valence-corrected chi connectivity index (χ0v) is 12.5. The van der Waals surface area contributed by atoms with Crippen LogP contribution in [0.1, 0.15) is 32.5 Å². The maximum atomic E-state index is 9.43. The Hall–Kier alpha value is -1.01. The Morgan fingerprint density at radius 3 is 2.85 bits per heavy atom. The Labute approximate surface area is 120 Å². The second-order valence-electron chi connectivity index (χ2n) is 6.17. The predicted octanol–water partition coefficient (Wildman–Crippen LogP) is 0.942. The molecule has 1 saturated heterocycles. The van der Waals surface area contributed by atoms with Gasteiger partial charge in [-0.25, -0.2) is 0 Å². The van der Waals surface area contributed by atoms with Gasteiger partial charge in [0.05, 0.1) is 30.0 Å². The lowest BCUT2D eigenvalue weighted by Gasteiger charge is -2.46. The summed E-state index contributed by atoms with van der Waals surface area (Å²) < 4.78 is 5.87. The van der Waals surface area contributed by atoms with Crippen LogP contribution in [0, 0.1) is 0 Å². The van der Waals surface area contributed by atoms with Gasteiger partial charge in [-0.1, -0.05) is 6.07 Å². The minimum Gasteiger partial charge on any atom is -0.394 e. The molecule has 0 amide bonds. The number of ether oxygens (including phenoxy) is 1. The van der Waals surface area contributed by atoms with Crippen molar-refractivity contribution < 1.29 is 9.84 Å². The van der Waals surface area contributed by atoms with Crippen LogP contribution in [0.15, 0.2) is 24.4 Å². The lowest BCUT2D eigenvalue weighted by molar-refractivity contribution is -0.158. The van der Waals surface area contributed by atoms with Gasteiger partial charge in [0.1, 0.15) is 0 Å². The number of morpholine rings is 1. The molecule has 1 aliphatic heterocycles. The zero-order valence-electron chi connectivity index (χ0n) is 12.5. The van der Waals surface area contributed by atoms with E-state index in [9.17, 15) is 5.11 Å². The van der Waals surface area contributed by atoms with Crippen LogP contribution in [-0.2, 0) is 4.74 Å². The fourth-order valence-corrected chi connectivity index (χ4v) is 2.99. The van der Waals surface area contributed by atoms with E-state index < -0.39 is 0 Å². The molecule has 1 aliphatic rings. The summed E-state index contributed by atoms with van der Waals surface area (Å²) in [5.41, 5.74) is 6.86. The van der Waals surface area contributed by atoms with E-state index in [1.807, 2.05) is 39.0 Å². The summed E-state index contributed by atoms with van der Waals surface area (Å²) in [4.78, 5) is 6.72. The Bertz CT molecular complexity index is 422. The van der Waals surface area contributed by atoms with E-state index in [1.54, 1.807) is 6.20 Å². The number of nitrogens with two attached hydrogens (primary N) is 1. The molecule has 112 valence electrons. The molecule has 2 heterocycles. The van der Waals surface area contributed by atoms with E-state index in [0.29, 0.717) is 6.54 Å². The minimum absolute atomic E-state index is 0.0216. The van der Waals surface area contributed by atoms with Crippen LogP contribution in [0.3, 0.4) is 0 Å². The molecule has 0 spiro atoms. The summed E-state index contributed by atoms with van der Waals surface area (Å²) >= 11 is 0. The first kappa shape index (κ1) is 15.4. The van der Waals surface area contributed by atoms with Crippen molar-refractivity contribution in [1.82, 2.24) is 9.88 Å². The maximum Gasteiger partial charge on any atom is 0.0940 e. The highest BCUT2D eigenvalue weighted by Gasteiger charge is 2.38. The van der Waals surface area contributed by atoms with E-state index in [0.717, 1.165) is 12.2 Å². The fourth-order valence-electron chi connectivity index (χ4n) is 2.99. The minimum atomic E-state index is -0.298. The molecule has 0 bridgehead atoms. The molecule has 0 aromatic carbocycles. The number of hydrogen-bond acceptors (Lipinski definition) is 5. The molecule has 2 rings (SSSR count). The van der Waals surface area contributed by atoms with Gasteiger partial charge < -0.3 is 15.6 Å². The van der Waals surface area contributed by atoms with Gasteiger partial charge in [0.25, 0.3) is 0 Å². The van der Waals surface area contributed by atoms with Crippen molar-refractivity contribution in [3.8, 4) is 0 Å². The highest BCUT2D eigenvalue weighted by molar-refractivity contribution is 5.12. The highest BCUT2D eigenvalue weighted by Crippen LogP contribution is 2.29. The lowest BCUT2D eigenvalue weighted by Crippen LogP contribution is -2.56. The summed E-state index contributed by atoms with van der Waals surface area (Å²) in [6.07, 6.45) is 1.61. The van der Waals surface area contributed by atoms with Crippen molar-refractivity contribution in [2.45, 2.75) is 44.6 Å². The quantitative estimate of drug-likeness (QED) is 0.858. The SMILES string of the molecule is CC(N)C(c1ccccn1)N1CC(CO)OC(C)(C)C1. The van der Waals surface area contributed by atoms with Gasteiger partial charge in [0.2, 0.25) is 0 Å². The van der Waals surface area contributed by atoms with E-state index in [1.165, 1.54) is 0 Å². The lowest BCUT2D eigenvalue weighted by atomic mass is 9.98. The van der Waals surface area contributed by atoms with Crippen molar-refractivity contribution in [3.63, 3.8) is 0 Å². The Kier molecular flexibility index (Phi) is 4.75. The second-order valence-corrected chi connectivity index (χ2v) is 6.17. The smallest absolute Gasteiger partial charge is 0.0940 e. The number of aliphatic hydroxyl groups is 1. The number of rotatable bonds is 4. The van der Waals surface area contributed by atoms with Gasteiger partial charge in [0, 0.05) is 25.3 Å². The third-order valence-electron chi connectivity index (χ3n) is 3.59. The molecule has 5 heteroatoms. The van der Waals surface area contributed by atoms with Crippen molar-refractivity contribution in [2.75, 3.05) is 19.7 Å². The third kappa shape index (κ3) is 3.55. The fraction of sp³-hybridized carbons (Fsp3) is 0.667. The molecule has 3 N–H and O–H groups in total. The summed E-state index contributed by atoms with van der Waals surface area (Å²) in [5, 5.41) is 9.43. The van der Waals surface area contributed by atoms with Crippen molar-refractivity contribution in [2.24, 2.45) is 5.73 Å². The van der Waals surface area contributed by atoms with Crippen molar-refractivity contribution in [3.05, 3.63) is 30.1 Å². The van der Waals surface area contributed by atoms with Gasteiger partial charge in [-0.2, -0.15) is 0 Å². The molecule has 20 heavy (non-hydrogen) atoms. The van der Waals surface area contributed by atoms with Crippen molar-refractivity contribution in [1.29, 1.82) is 0 Å². The molecule has 1 aromatic rings. The first-order chi connectivity index (χ1) is 9.43. The van der Waals surface area contributed by atoms with E-state index >= 15 is 0 Å². The van der Waals surface area contributed by atoms with Gasteiger partial charge >= 0.3 is 0 Å². The van der Waals surface area contributed by atoms with Crippen molar-refractivity contribution >= 4 is 0 Å². The van der Waals surface area contributed by atoms with Gasteiger partial charge in [-0.15, -0.1) is 0 Å². The molecule has 0 saturated carbocycles. The first-order valence-electron chi connectivity index (χ1n) is 7.12. The van der Waals surface area contributed by atoms with Crippen LogP contribution < -0.4 is 5.73 Å². The van der Waals surface area contributed by atoms with Gasteiger partial charge in [-0.05, 0) is 32.9 Å². The Morgan fingerprint density at radius 2 is 2.30 bits per heavy atom. The average molecular weight is 279 g/mol. The molecule has 5 nitrogen and oxygen atoms in total. The van der Waals surface area contributed by atoms with Crippen LogP contribution >= 0.6 is 0 Å².